The van der Waals surface area contributed by atoms with Gasteiger partial charge in [0.05, 0.1) is 10.6 Å². The number of rotatable bonds is 7. The van der Waals surface area contributed by atoms with E-state index in [9.17, 15) is 9.59 Å². The summed E-state index contributed by atoms with van der Waals surface area (Å²) in [7, 11) is 0. The number of carbonyl (C=O) groups is 2. The summed E-state index contributed by atoms with van der Waals surface area (Å²) < 4.78 is 0. The fourth-order valence-electron chi connectivity index (χ4n) is 3.60. The second-order valence-electron chi connectivity index (χ2n) is 9.23. The molecule has 2 unspecified atom stereocenters. The fourth-order valence-corrected chi connectivity index (χ4v) is 4.34. The molecule has 3 nitrogen and oxygen atoms in total. The van der Waals surface area contributed by atoms with Gasteiger partial charge in [-0.15, -0.1) is 11.3 Å². The molecule has 0 saturated carbocycles. The van der Waals surface area contributed by atoms with Crippen LogP contribution in [0.25, 0.3) is 0 Å². The van der Waals surface area contributed by atoms with E-state index in [1.54, 1.807) is 11.3 Å². The van der Waals surface area contributed by atoms with E-state index in [0.717, 1.165) is 23.4 Å². The number of hydrogen-bond donors (Lipinski definition) is 0. The average Bonchev–Trinajstić information content (AvgIpc) is 3.11. The molecule has 0 spiro atoms. The van der Waals surface area contributed by atoms with E-state index in [2.05, 4.69) is 52.5 Å². The Morgan fingerprint density at radius 1 is 1.31 bits per heavy atom. The van der Waals surface area contributed by atoms with E-state index in [4.69, 9.17) is 0 Å². The standard InChI is InChI=1S/C25H35NO2S/c1-7-21(27)9-8-14-26(24(28)23-11-10-18(2)15-19(23)3)20-16-22(29-17-20)12-13-25(4,5)6/h10,16-17,19,23H,7-9,11,14-15H2,1-6H3. The molecule has 1 aliphatic rings. The van der Waals surface area contributed by atoms with Gasteiger partial charge in [0.25, 0.3) is 0 Å². The van der Waals surface area contributed by atoms with Crippen molar-refractivity contribution in [2.24, 2.45) is 17.3 Å². The fraction of sp³-hybridized carbons (Fsp3) is 0.600. The second-order valence-corrected chi connectivity index (χ2v) is 10.1. The average molecular weight is 414 g/mol. The van der Waals surface area contributed by atoms with Crippen molar-refractivity contribution in [1.82, 2.24) is 0 Å². The summed E-state index contributed by atoms with van der Waals surface area (Å²) in [6, 6.07) is 2.03. The molecule has 4 heteroatoms. The van der Waals surface area contributed by atoms with Gasteiger partial charge in [0, 0.05) is 36.1 Å². The molecule has 0 aliphatic heterocycles. The summed E-state index contributed by atoms with van der Waals surface area (Å²) in [5.41, 5.74) is 2.24. The first-order chi connectivity index (χ1) is 13.6. The SMILES string of the molecule is CCC(=O)CCCN(C(=O)C1CC=C(C)CC1C)c1csc(C#CC(C)(C)C)c1. The van der Waals surface area contributed by atoms with Crippen LogP contribution in [0.2, 0.25) is 0 Å². The van der Waals surface area contributed by atoms with E-state index >= 15 is 0 Å². The van der Waals surface area contributed by atoms with Crippen molar-refractivity contribution >= 4 is 28.7 Å². The number of nitrogens with zero attached hydrogens (tertiary/aromatic N) is 1. The quantitative estimate of drug-likeness (QED) is 0.392. The summed E-state index contributed by atoms with van der Waals surface area (Å²) in [4.78, 5) is 28.1. The lowest BCUT2D eigenvalue weighted by molar-refractivity contribution is -0.124. The van der Waals surface area contributed by atoms with Crippen LogP contribution in [0.3, 0.4) is 0 Å². The third-order valence-electron chi connectivity index (χ3n) is 5.32. The Kier molecular flexibility index (Phi) is 8.28. The zero-order valence-corrected chi connectivity index (χ0v) is 19.6. The Morgan fingerprint density at radius 2 is 2.03 bits per heavy atom. The largest absolute Gasteiger partial charge is 0.311 e. The monoisotopic (exact) mass is 413 g/mol. The molecule has 2 atom stereocenters. The molecular formula is C25H35NO2S. The number of hydrogen-bond acceptors (Lipinski definition) is 3. The van der Waals surface area contributed by atoms with E-state index in [0.29, 0.717) is 31.7 Å². The van der Waals surface area contributed by atoms with Crippen molar-refractivity contribution in [3.8, 4) is 11.8 Å². The molecule has 0 N–H and O–H groups in total. The highest BCUT2D eigenvalue weighted by molar-refractivity contribution is 7.11. The number of thiophene rings is 1. The first-order valence-electron chi connectivity index (χ1n) is 10.7. The predicted molar refractivity (Wildman–Crippen MR) is 123 cm³/mol. The Balaban J connectivity index is 2.23. The van der Waals surface area contributed by atoms with Crippen LogP contribution in [-0.4, -0.2) is 18.2 Å². The molecule has 158 valence electrons. The predicted octanol–water partition coefficient (Wildman–Crippen LogP) is 6.23. The minimum Gasteiger partial charge on any atom is -0.311 e. The van der Waals surface area contributed by atoms with Gasteiger partial charge in [-0.2, -0.15) is 0 Å². The Morgan fingerprint density at radius 3 is 2.66 bits per heavy atom. The van der Waals surface area contributed by atoms with Crippen molar-refractivity contribution in [2.45, 2.75) is 73.6 Å². The maximum Gasteiger partial charge on any atom is 0.230 e. The molecule has 0 radical (unpaired) electrons. The van der Waals surface area contributed by atoms with Gasteiger partial charge < -0.3 is 4.90 Å². The van der Waals surface area contributed by atoms with Crippen molar-refractivity contribution in [3.05, 3.63) is 28.0 Å². The molecule has 29 heavy (non-hydrogen) atoms. The first-order valence-corrected chi connectivity index (χ1v) is 11.6. The maximum absolute atomic E-state index is 13.5. The molecule has 0 fully saturated rings. The van der Waals surface area contributed by atoms with Crippen LogP contribution >= 0.6 is 11.3 Å². The molecule has 0 bridgehead atoms. The summed E-state index contributed by atoms with van der Waals surface area (Å²) in [5, 5.41) is 2.03. The topological polar surface area (TPSA) is 37.4 Å². The highest BCUT2D eigenvalue weighted by Gasteiger charge is 2.31. The molecular weight excluding hydrogens is 378 g/mol. The molecule has 0 saturated heterocycles. The van der Waals surface area contributed by atoms with Crippen LogP contribution < -0.4 is 4.90 Å². The number of carbonyl (C=O) groups excluding carboxylic acids is 2. The van der Waals surface area contributed by atoms with Gasteiger partial charge >= 0.3 is 0 Å². The number of amides is 1. The van der Waals surface area contributed by atoms with Gasteiger partial charge in [0.15, 0.2) is 0 Å². The molecule has 1 amide bonds. The summed E-state index contributed by atoms with van der Waals surface area (Å²) in [5.74, 6) is 7.28. The number of ketones is 1. The van der Waals surface area contributed by atoms with Gasteiger partial charge in [-0.25, -0.2) is 0 Å². The van der Waals surface area contributed by atoms with Crippen LogP contribution in [0.15, 0.2) is 23.1 Å². The van der Waals surface area contributed by atoms with E-state index in [-0.39, 0.29) is 23.0 Å². The van der Waals surface area contributed by atoms with Crippen molar-refractivity contribution in [3.63, 3.8) is 0 Å². The minimum absolute atomic E-state index is 0.00425. The normalized spacial score (nSPS) is 19.2. The highest BCUT2D eigenvalue weighted by Crippen LogP contribution is 2.33. The van der Waals surface area contributed by atoms with Gasteiger partial charge in [0.2, 0.25) is 5.91 Å². The lowest BCUT2D eigenvalue weighted by Crippen LogP contribution is -2.40. The minimum atomic E-state index is -0.0537. The summed E-state index contributed by atoms with van der Waals surface area (Å²) >= 11 is 1.58. The van der Waals surface area contributed by atoms with Crippen LogP contribution in [0.1, 0.15) is 78.5 Å². The number of Topliss-reactive ketones (excluding diaryl/α,β-unsaturated/α-hetero) is 1. The lowest BCUT2D eigenvalue weighted by Gasteiger charge is -2.32. The van der Waals surface area contributed by atoms with Crippen molar-refractivity contribution in [2.75, 3.05) is 11.4 Å². The van der Waals surface area contributed by atoms with Crippen LogP contribution in [-0.2, 0) is 9.59 Å². The Bertz CT molecular complexity index is 816. The smallest absolute Gasteiger partial charge is 0.230 e. The zero-order chi connectivity index (χ0) is 21.6. The first kappa shape index (κ1) is 23.4. The third kappa shape index (κ3) is 7.16. The molecule has 2 rings (SSSR count). The molecule has 1 aromatic rings. The van der Waals surface area contributed by atoms with Crippen molar-refractivity contribution in [1.29, 1.82) is 0 Å². The van der Waals surface area contributed by atoms with E-state index in [1.165, 1.54) is 5.57 Å². The summed E-state index contributed by atoms with van der Waals surface area (Å²) in [6.45, 7) is 13.1. The van der Waals surface area contributed by atoms with Crippen molar-refractivity contribution < 1.29 is 9.59 Å². The molecule has 1 heterocycles. The Hall–Kier alpha value is -1.86. The van der Waals surface area contributed by atoms with E-state index < -0.39 is 0 Å². The van der Waals surface area contributed by atoms with Crippen LogP contribution in [0.4, 0.5) is 5.69 Å². The van der Waals surface area contributed by atoms with Gasteiger partial charge in [0.1, 0.15) is 5.78 Å². The van der Waals surface area contributed by atoms with Gasteiger partial charge in [-0.3, -0.25) is 9.59 Å². The number of anilines is 1. The lowest BCUT2D eigenvalue weighted by atomic mass is 9.80. The Labute approximate surface area is 180 Å². The van der Waals surface area contributed by atoms with Crippen LogP contribution in [0, 0.1) is 29.1 Å². The van der Waals surface area contributed by atoms with Gasteiger partial charge in [-0.05, 0) is 58.9 Å². The highest BCUT2D eigenvalue weighted by atomic mass is 32.1. The third-order valence-corrected chi connectivity index (χ3v) is 6.16. The molecule has 1 aromatic heterocycles. The molecule has 0 aromatic carbocycles. The zero-order valence-electron chi connectivity index (χ0n) is 18.8. The number of allylic oxidation sites excluding steroid dienone is 2. The van der Waals surface area contributed by atoms with Crippen LogP contribution in [0.5, 0.6) is 0 Å². The summed E-state index contributed by atoms with van der Waals surface area (Å²) in [6.07, 6.45) is 5.77. The second kappa shape index (κ2) is 10.3. The van der Waals surface area contributed by atoms with E-state index in [1.807, 2.05) is 23.3 Å². The molecule has 1 aliphatic carbocycles. The van der Waals surface area contributed by atoms with Gasteiger partial charge in [-0.1, -0.05) is 37.3 Å². The maximum atomic E-state index is 13.5.